The molecule has 0 saturated carbocycles. The Morgan fingerprint density at radius 2 is 2.00 bits per heavy atom. The number of aromatic carboxylic acids is 1. The summed E-state index contributed by atoms with van der Waals surface area (Å²) >= 11 is 1.74. The van der Waals surface area contributed by atoms with Crippen molar-refractivity contribution in [2.45, 2.75) is 26.4 Å². The van der Waals surface area contributed by atoms with Gasteiger partial charge in [0.05, 0.1) is 0 Å². The van der Waals surface area contributed by atoms with Gasteiger partial charge in [-0.15, -0.1) is 11.3 Å². The first-order valence-corrected chi connectivity index (χ1v) is 11.2. The van der Waals surface area contributed by atoms with Crippen LogP contribution in [0.5, 0.6) is 0 Å². The normalized spacial score (nSPS) is 11.1. The number of nitrogens with zero attached hydrogens (tertiary/aromatic N) is 1. The number of aromatic nitrogens is 1. The van der Waals surface area contributed by atoms with Gasteiger partial charge >= 0.3 is 5.97 Å². The zero-order valence-electron chi connectivity index (χ0n) is 17.6. The summed E-state index contributed by atoms with van der Waals surface area (Å²) in [6.45, 7) is 7.67. The third kappa shape index (κ3) is 4.63. The van der Waals surface area contributed by atoms with Gasteiger partial charge in [-0.2, -0.15) is 0 Å². The molecule has 0 spiro atoms. The Bertz CT molecular complexity index is 1200. The predicted octanol–water partition coefficient (Wildman–Crippen LogP) is 5.73. The van der Waals surface area contributed by atoms with Crippen molar-refractivity contribution in [3.8, 4) is 0 Å². The molecule has 0 aliphatic heterocycles. The Hall–Kier alpha value is -3.15. The first kappa shape index (κ1) is 21.1. The van der Waals surface area contributed by atoms with Crippen LogP contribution in [0.1, 0.15) is 37.6 Å². The molecule has 0 aliphatic rings. The second-order valence-electron chi connectivity index (χ2n) is 7.69. The first-order valence-electron chi connectivity index (χ1n) is 10.4. The molecule has 0 saturated heterocycles. The van der Waals surface area contributed by atoms with Crippen LogP contribution < -0.4 is 5.32 Å². The Kier molecular flexibility index (Phi) is 6.35. The van der Waals surface area contributed by atoms with E-state index in [1.165, 1.54) is 4.88 Å². The molecule has 4 rings (SSSR count). The van der Waals surface area contributed by atoms with Crippen LogP contribution in [0.25, 0.3) is 17.0 Å². The fourth-order valence-corrected chi connectivity index (χ4v) is 4.65. The summed E-state index contributed by atoms with van der Waals surface area (Å²) in [5, 5.41) is 16.7. The van der Waals surface area contributed by atoms with E-state index in [1.807, 2.05) is 47.9 Å². The van der Waals surface area contributed by atoms with E-state index in [0.29, 0.717) is 18.8 Å². The molecule has 4 nitrogen and oxygen atoms in total. The lowest BCUT2D eigenvalue weighted by molar-refractivity contribution is 0.0685. The summed E-state index contributed by atoms with van der Waals surface area (Å²) in [5.41, 5.74) is 5.38. The van der Waals surface area contributed by atoms with Crippen molar-refractivity contribution in [1.82, 2.24) is 9.88 Å². The quantitative estimate of drug-likeness (QED) is 0.333. The van der Waals surface area contributed by atoms with E-state index in [2.05, 4.69) is 35.5 Å². The van der Waals surface area contributed by atoms with Gasteiger partial charge in [-0.1, -0.05) is 55.1 Å². The highest BCUT2D eigenvalue weighted by atomic mass is 32.1. The lowest BCUT2D eigenvalue weighted by Gasteiger charge is -2.10. The van der Waals surface area contributed by atoms with E-state index in [0.717, 1.165) is 46.1 Å². The molecule has 158 valence electrons. The van der Waals surface area contributed by atoms with Crippen LogP contribution in [0, 0.1) is 6.92 Å². The van der Waals surface area contributed by atoms with E-state index in [9.17, 15) is 9.90 Å². The lowest BCUT2D eigenvalue weighted by Crippen LogP contribution is -2.19. The highest BCUT2D eigenvalue weighted by Crippen LogP contribution is 2.29. The molecule has 0 aliphatic carbocycles. The van der Waals surface area contributed by atoms with E-state index in [1.54, 1.807) is 17.4 Å². The molecule has 0 atom stereocenters. The molecular formula is C26H26N2O2S. The molecule has 4 aromatic rings. The van der Waals surface area contributed by atoms with Crippen molar-refractivity contribution in [2.75, 3.05) is 6.54 Å². The maximum absolute atomic E-state index is 12.3. The molecule has 2 heterocycles. The number of hydrogen-bond acceptors (Lipinski definition) is 3. The van der Waals surface area contributed by atoms with Crippen LogP contribution in [-0.4, -0.2) is 22.2 Å². The Morgan fingerprint density at radius 3 is 2.68 bits per heavy atom. The summed E-state index contributed by atoms with van der Waals surface area (Å²) < 4.78 is 1.93. The van der Waals surface area contributed by atoms with Gasteiger partial charge in [-0.25, -0.2) is 4.79 Å². The number of carbonyl (C=O) groups is 1. The van der Waals surface area contributed by atoms with E-state index in [-0.39, 0.29) is 0 Å². The largest absolute Gasteiger partial charge is 0.477 e. The Morgan fingerprint density at radius 1 is 1.19 bits per heavy atom. The number of aryl methyl sites for hydroxylation is 1. The van der Waals surface area contributed by atoms with Crippen LogP contribution in [-0.2, 0) is 19.5 Å². The molecule has 5 heteroatoms. The molecule has 2 N–H and O–H groups in total. The summed E-state index contributed by atoms with van der Waals surface area (Å²) in [6.07, 6.45) is 2.74. The number of benzene rings is 2. The SMILES string of the molecule is C=Cc1ccc(Cn2c(C(=O)O)c(CNCCc3cccs3)c3ccc(C)cc32)cc1. The minimum atomic E-state index is -0.897. The average Bonchev–Trinajstić information content (AvgIpc) is 3.38. The number of rotatable bonds is 9. The van der Waals surface area contributed by atoms with Crippen LogP contribution >= 0.6 is 11.3 Å². The number of thiophene rings is 1. The van der Waals surface area contributed by atoms with Crippen molar-refractivity contribution >= 4 is 34.3 Å². The topological polar surface area (TPSA) is 54.3 Å². The van der Waals surface area contributed by atoms with Crippen molar-refractivity contribution in [3.05, 3.63) is 99.4 Å². The highest BCUT2D eigenvalue weighted by molar-refractivity contribution is 7.09. The van der Waals surface area contributed by atoms with Crippen LogP contribution in [0.3, 0.4) is 0 Å². The van der Waals surface area contributed by atoms with Gasteiger partial charge in [0, 0.05) is 41.0 Å². The van der Waals surface area contributed by atoms with Crippen molar-refractivity contribution in [3.63, 3.8) is 0 Å². The molecule has 31 heavy (non-hydrogen) atoms. The van der Waals surface area contributed by atoms with E-state index in [4.69, 9.17) is 0 Å². The molecule has 0 amide bonds. The highest BCUT2D eigenvalue weighted by Gasteiger charge is 2.22. The maximum Gasteiger partial charge on any atom is 0.352 e. The third-order valence-electron chi connectivity index (χ3n) is 5.51. The second-order valence-corrected chi connectivity index (χ2v) is 8.72. The van der Waals surface area contributed by atoms with Gasteiger partial charge in [-0.05, 0) is 47.5 Å². The number of nitrogens with one attached hydrogen (secondary N) is 1. The molecule has 0 fully saturated rings. The van der Waals surface area contributed by atoms with Crippen LogP contribution in [0.2, 0.25) is 0 Å². The number of fused-ring (bicyclic) bond motifs is 1. The van der Waals surface area contributed by atoms with E-state index >= 15 is 0 Å². The smallest absolute Gasteiger partial charge is 0.352 e. The van der Waals surface area contributed by atoms with Gasteiger partial charge in [0.2, 0.25) is 0 Å². The van der Waals surface area contributed by atoms with Gasteiger partial charge in [0.15, 0.2) is 0 Å². The zero-order valence-corrected chi connectivity index (χ0v) is 18.4. The minimum Gasteiger partial charge on any atom is -0.477 e. The molecule has 2 aromatic heterocycles. The van der Waals surface area contributed by atoms with Crippen molar-refractivity contribution in [1.29, 1.82) is 0 Å². The maximum atomic E-state index is 12.3. The molecule has 0 radical (unpaired) electrons. The molecule has 0 bridgehead atoms. The Balaban J connectivity index is 1.68. The third-order valence-corrected chi connectivity index (χ3v) is 6.45. The lowest BCUT2D eigenvalue weighted by atomic mass is 10.1. The summed E-state index contributed by atoms with van der Waals surface area (Å²) in [6, 6.07) is 18.4. The van der Waals surface area contributed by atoms with E-state index < -0.39 is 5.97 Å². The van der Waals surface area contributed by atoms with Crippen molar-refractivity contribution < 1.29 is 9.90 Å². The predicted molar refractivity (Wildman–Crippen MR) is 129 cm³/mol. The monoisotopic (exact) mass is 430 g/mol. The van der Waals surface area contributed by atoms with Crippen molar-refractivity contribution in [2.24, 2.45) is 0 Å². The molecule has 0 unspecified atom stereocenters. The van der Waals surface area contributed by atoms with Gasteiger partial charge in [0.1, 0.15) is 5.69 Å². The van der Waals surface area contributed by atoms with Gasteiger partial charge in [0.25, 0.3) is 0 Å². The van der Waals surface area contributed by atoms with Crippen LogP contribution in [0.15, 0.2) is 66.6 Å². The first-order chi connectivity index (χ1) is 15.1. The Labute approximate surface area is 186 Å². The number of carboxylic acid groups (broad SMARTS) is 1. The summed E-state index contributed by atoms with van der Waals surface area (Å²) in [7, 11) is 0. The zero-order chi connectivity index (χ0) is 21.8. The van der Waals surface area contributed by atoms with Gasteiger partial charge in [-0.3, -0.25) is 0 Å². The average molecular weight is 431 g/mol. The molecular weight excluding hydrogens is 404 g/mol. The number of hydrogen-bond donors (Lipinski definition) is 2. The number of carboxylic acids is 1. The van der Waals surface area contributed by atoms with Gasteiger partial charge < -0.3 is 15.0 Å². The second kappa shape index (κ2) is 9.33. The summed E-state index contributed by atoms with van der Waals surface area (Å²) in [5.74, 6) is -0.897. The molecule has 2 aromatic carbocycles. The fourth-order valence-electron chi connectivity index (χ4n) is 3.94. The minimum absolute atomic E-state index is 0.358. The van der Waals surface area contributed by atoms with Crippen LogP contribution in [0.4, 0.5) is 0 Å². The standard InChI is InChI=1S/C26H26N2O2S/c1-3-19-7-9-20(10-8-19)17-28-24-15-18(2)6-11-22(24)23(25(28)26(29)30)16-27-13-12-21-5-4-14-31-21/h3-11,14-15,27H,1,12-13,16-17H2,2H3,(H,29,30). The fraction of sp³-hybridized carbons (Fsp3) is 0.192. The summed E-state index contributed by atoms with van der Waals surface area (Å²) in [4.78, 5) is 13.7.